The van der Waals surface area contributed by atoms with Crippen molar-refractivity contribution >= 4 is 21.1 Å². The number of halogens is 3. The largest absolute Gasteiger partial charge is 0.534 e. The number of aromatic nitrogens is 1. The van der Waals surface area contributed by atoms with E-state index in [1.165, 1.54) is 19.2 Å². The standard InChI is InChI=1S/C18H23F3N2O5S/c1-23-9-7-12(8-10-23)3-5-15-13-4-6-16(28-29(24,25)18(19,20)21)14(11-26-2)17(13)27-22-15/h4,6,12H,3,5,7-11H2,1-2H3. The molecule has 0 saturated carbocycles. The minimum atomic E-state index is -5.80. The molecule has 0 N–H and O–H groups in total. The summed E-state index contributed by atoms with van der Waals surface area (Å²) in [5.74, 6) is 0.0885. The van der Waals surface area contributed by atoms with Gasteiger partial charge in [-0.2, -0.15) is 21.6 Å². The first kappa shape index (κ1) is 21.8. The summed E-state index contributed by atoms with van der Waals surface area (Å²) in [4.78, 5) is 2.29. The lowest BCUT2D eigenvalue weighted by atomic mass is 9.91. The van der Waals surface area contributed by atoms with Crippen LogP contribution in [0.1, 0.15) is 30.5 Å². The Bertz CT molecular complexity index is 950. The predicted molar refractivity (Wildman–Crippen MR) is 98.9 cm³/mol. The molecule has 0 unspecified atom stereocenters. The number of alkyl halides is 3. The van der Waals surface area contributed by atoms with Crippen LogP contribution in [0.2, 0.25) is 0 Å². The van der Waals surface area contributed by atoms with Crippen LogP contribution in [0.4, 0.5) is 13.2 Å². The van der Waals surface area contributed by atoms with Gasteiger partial charge in [0.2, 0.25) is 0 Å². The minimum Gasteiger partial charge on any atom is -0.380 e. The molecule has 2 heterocycles. The van der Waals surface area contributed by atoms with Crippen LogP contribution in [0.3, 0.4) is 0 Å². The second-order valence-corrected chi connectivity index (χ2v) is 8.79. The summed E-state index contributed by atoms with van der Waals surface area (Å²) in [7, 11) is -2.38. The van der Waals surface area contributed by atoms with Crippen LogP contribution >= 0.6 is 0 Å². The normalized spacial score (nSPS) is 17.1. The van der Waals surface area contributed by atoms with E-state index in [-0.39, 0.29) is 17.8 Å². The minimum absolute atomic E-state index is 0.0656. The number of methoxy groups -OCH3 is 1. The van der Waals surface area contributed by atoms with E-state index in [0.29, 0.717) is 23.4 Å². The van der Waals surface area contributed by atoms with Crippen molar-refractivity contribution in [1.82, 2.24) is 10.1 Å². The van der Waals surface area contributed by atoms with Gasteiger partial charge in [-0.25, -0.2) is 0 Å². The summed E-state index contributed by atoms with van der Waals surface area (Å²) in [5, 5.41) is 4.67. The van der Waals surface area contributed by atoms with Gasteiger partial charge >= 0.3 is 15.6 Å². The van der Waals surface area contributed by atoms with Crippen molar-refractivity contribution in [3.05, 3.63) is 23.4 Å². The van der Waals surface area contributed by atoms with E-state index in [1.807, 2.05) is 0 Å². The maximum atomic E-state index is 12.7. The number of hydrogen-bond acceptors (Lipinski definition) is 7. The van der Waals surface area contributed by atoms with Crippen LogP contribution in [-0.2, 0) is 27.9 Å². The highest BCUT2D eigenvalue weighted by molar-refractivity contribution is 7.88. The summed E-state index contributed by atoms with van der Waals surface area (Å²) < 4.78 is 75.4. The molecule has 1 fully saturated rings. The molecule has 7 nitrogen and oxygen atoms in total. The quantitative estimate of drug-likeness (QED) is 0.486. The second kappa shape index (κ2) is 8.49. The number of piperidine rings is 1. The lowest BCUT2D eigenvalue weighted by Crippen LogP contribution is -2.30. The predicted octanol–water partition coefficient (Wildman–Crippen LogP) is 3.48. The molecular formula is C18H23F3N2O5S. The lowest BCUT2D eigenvalue weighted by Gasteiger charge is -2.28. The second-order valence-electron chi connectivity index (χ2n) is 7.25. The van der Waals surface area contributed by atoms with Gasteiger partial charge in [0.05, 0.1) is 17.9 Å². The van der Waals surface area contributed by atoms with Crippen LogP contribution < -0.4 is 4.18 Å². The van der Waals surface area contributed by atoms with Crippen LogP contribution in [-0.4, -0.2) is 51.2 Å². The summed E-state index contributed by atoms with van der Waals surface area (Å²) in [6.07, 6.45) is 3.80. The van der Waals surface area contributed by atoms with E-state index < -0.39 is 21.4 Å². The zero-order chi connectivity index (χ0) is 21.2. The molecule has 1 aromatic heterocycles. The van der Waals surface area contributed by atoms with Gasteiger partial charge in [0, 0.05) is 12.5 Å². The Morgan fingerprint density at radius 2 is 1.97 bits per heavy atom. The van der Waals surface area contributed by atoms with E-state index in [0.717, 1.165) is 32.4 Å². The fourth-order valence-corrected chi connectivity index (χ4v) is 3.97. The third kappa shape index (κ3) is 4.84. The Hall–Kier alpha value is -1.85. The lowest BCUT2D eigenvalue weighted by molar-refractivity contribution is -0.0500. The number of rotatable bonds is 7. The summed E-state index contributed by atoms with van der Waals surface area (Å²) >= 11 is 0. The first-order valence-corrected chi connectivity index (χ1v) is 10.6. The molecule has 0 aliphatic carbocycles. The average Bonchev–Trinajstić information content (AvgIpc) is 3.05. The summed E-state index contributed by atoms with van der Waals surface area (Å²) in [6.45, 7) is 1.91. The van der Waals surface area contributed by atoms with E-state index >= 15 is 0 Å². The molecule has 29 heavy (non-hydrogen) atoms. The number of benzene rings is 1. The van der Waals surface area contributed by atoms with Gasteiger partial charge in [-0.05, 0) is 63.9 Å². The third-order valence-electron chi connectivity index (χ3n) is 5.17. The zero-order valence-corrected chi connectivity index (χ0v) is 17.0. The van der Waals surface area contributed by atoms with Crippen molar-refractivity contribution in [2.24, 2.45) is 5.92 Å². The Labute approximate surface area is 166 Å². The molecule has 0 spiro atoms. The number of hydrogen-bond donors (Lipinski definition) is 0. The Morgan fingerprint density at radius 1 is 1.28 bits per heavy atom. The number of fused-ring (bicyclic) bond motifs is 1. The molecule has 1 saturated heterocycles. The van der Waals surface area contributed by atoms with Crippen molar-refractivity contribution in [3.63, 3.8) is 0 Å². The summed E-state index contributed by atoms with van der Waals surface area (Å²) in [5.41, 5.74) is -4.62. The monoisotopic (exact) mass is 436 g/mol. The van der Waals surface area contributed by atoms with Gasteiger partial charge < -0.3 is 18.3 Å². The fraction of sp³-hybridized carbons (Fsp3) is 0.611. The topological polar surface area (TPSA) is 81.9 Å². The van der Waals surface area contributed by atoms with E-state index in [2.05, 4.69) is 21.3 Å². The first-order valence-electron chi connectivity index (χ1n) is 9.20. The van der Waals surface area contributed by atoms with Gasteiger partial charge in [-0.3, -0.25) is 0 Å². The molecule has 1 aliphatic heterocycles. The highest BCUT2D eigenvalue weighted by Crippen LogP contribution is 2.35. The maximum Gasteiger partial charge on any atom is 0.534 e. The zero-order valence-electron chi connectivity index (χ0n) is 16.2. The van der Waals surface area contributed by atoms with Gasteiger partial charge in [-0.1, -0.05) is 5.16 Å². The van der Waals surface area contributed by atoms with Crippen molar-refractivity contribution in [2.75, 3.05) is 27.2 Å². The number of aryl methyl sites for hydroxylation is 1. The Balaban J connectivity index is 1.84. The Kier molecular flexibility index (Phi) is 6.39. The highest BCUT2D eigenvalue weighted by atomic mass is 32.2. The average molecular weight is 436 g/mol. The SMILES string of the molecule is COCc1c(OS(=O)(=O)C(F)(F)F)ccc2c(CCC3CCN(C)CC3)noc12. The van der Waals surface area contributed by atoms with Crippen LogP contribution in [0.25, 0.3) is 11.0 Å². The number of ether oxygens (including phenoxy) is 1. The van der Waals surface area contributed by atoms with Crippen molar-refractivity contribution in [3.8, 4) is 5.75 Å². The molecule has 0 amide bonds. The molecule has 1 aromatic carbocycles. The van der Waals surface area contributed by atoms with E-state index in [4.69, 9.17) is 9.26 Å². The van der Waals surface area contributed by atoms with Gasteiger partial charge in [0.25, 0.3) is 0 Å². The molecule has 3 rings (SSSR count). The van der Waals surface area contributed by atoms with E-state index in [9.17, 15) is 21.6 Å². The third-order valence-corrected chi connectivity index (χ3v) is 6.14. The van der Waals surface area contributed by atoms with Gasteiger partial charge in [-0.15, -0.1) is 0 Å². The highest BCUT2D eigenvalue weighted by Gasteiger charge is 2.49. The van der Waals surface area contributed by atoms with Crippen LogP contribution in [0.15, 0.2) is 16.7 Å². The molecule has 1 aliphatic rings. The first-order chi connectivity index (χ1) is 13.6. The van der Waals surface area contributed by atoms with Gasteiger partial charge in [0.15, 0.2) is 11.3 Å². The molecule has 0 radical (unpaired) electrons. The number of likely N-dealkylation sites (tertiary alicyclic amines) is 1. The molecule has 11 heteroatoms. The number of nitrogens with zero attached hydrogens (tertiary/aromatic N) is 2. The van der Waals surface area contributed by atoms with E-state index in [1.54, 1.807) is 0 Å². The van der Waals surface area contributed by atoms with Crippen molar-refractivity contribution < 1.29 is 35.0 Å². The molecule has 0 bridgehead atoms. The molecule has 162 valence electrons. The fourth-order valence-electron chi connectivity index (χ4n) is 3.49. The molecular weight excluding hydrogens is 413 g/mol. The summed E-state index contributed by atoms with van der Waals surface area (Å²) in [6, 6.07) is 2.65. The van der Waals surface area contributed by atoms with Crippen molar-refractivity contribution in [1.29, 1.82) is 0 Å². The molecule has 0 atom stereocenters. The molecule has 2 aromatic rings. The van der Waals surface area contributed by atoms with Crippen molar-refractivity contribution in [2.45, 2.75) is 37.8 Å². The van der Waals surface area contributed by atoms with Crippen LogP contribution in [0.5, 0.6) is 5.75 Å². The smallest absolute Gasteiger partial charge is 0.380 e. The Morgan fingerprint density at radius 3 is 2.59 bits per heavy atom. The van der Waals surface area contributed by atoms with Gasteiger partial charge in [0.1, 0.15) is 0 Å². The maximum absolute atomic E-state index is 12.7. The van der Waals surface area contributed by atoms with Crippen LogP contribution in [0, 0.1) is 5.92 Å².